The van der Waals surface area contributed by atoms with Gasteiger partial charge in [0.05, 0.1) is 19.1 Å². The van der Waals surface area contributed by atoms with Crippen molar-refractivity contribution in [3.63, 3.8) is 0 Å². The standard InChI is InChI=1S/C24H43NO9S/c1-2-3-4-11-14-20(26)15-12-9-7-5-6-8-10-13-16-22(27)25-17-18-34-23(28)19-21(24(29)30)35(31,32)33/h9,12,20-21,26H,2-8,10-11,13-19H2,1H3,(H,25,27)(H,29,30)(H,31,32,33)/b12-9+. The number of unbranched alkanes of at least 4 members (excludes halogenated alkanes) is 8. The summed E-state index contributed by atoms with van der Waals surface area (Å²) in [6.45, 7) is 1.96. The van der Waals surface area contributed by atoms with Gasteiger partial charge >= 0.3 is 11.9 Å². The Kier molecular flexibility index (Phi) is 19.1. The van der Waals surface area contributed by atoms with Crippen LogP contribution in [-0.2, 0) is 29.2 Å². The molecule has 204 valence electrons. The molecule has 0 bridgehead atoms. The van der Waals surface area contributed by atoms with Crippen molar-refractivity contribution in [2.24, 2.45) is 0 Å². The van der Waals surface area contributed by atoms with Gasteiger partial charge < -0.3 is 20.3 Å². The van der Waals surface area contributed by atoms with E-state index < -0.39 is 33.7 Å². The van der Waals surface area contributed by atoms with Gasteiger partial charge in [-0.05, 0) is 32.1 Å². The Balaban J connectivity index is 3.66. The summed E-state index contributed by atoms with van der Waals surface area (Å²) in [4.78, 5) is 34.1. The third-order valence-electron chi connectivity index (χ3n) is 5.41. The number of carboxylic acids is 1. The van der Waals surface area contributed by atoms with Crippen molar-refractivity contribution in [3.05, 3.63) is 12.2 Å². The highest BCUT2D eigenvalue weighted by atomic mass is 32.2. The first-order valence-corrected chi connectivity index (χ1v) is 14.0. The SMILES string of the molecule is CCCCCCC(O)C/C=C/CCCCCCCC(=O)NCCOC(=O)CC(C(=O)O)S(=O)(=O)O. The van der Waals surface area contributed by atoms with E-state index in [0.717, 1.165) is 51.4 Å². The van der Waals surface area contributed by atoms with Crippen molar-refractivity contribution in [2.75, 3.05) is 13.2 Å². The van der Waals surface area contributed by atoms with Gasteiger partial charge in [0.1, 0.15) is 6.61 Å². The number of aliphatic hydroxyl groups is 1. The summed E-state index contributed by atoms with van der Waals surface area (Å²) in [5.41, 5.74) is 0. The second-order valence-electron chi connectivity index (χ2n) is 8.63. The lowest BCUT2D eigenvalue weighted by Crippen LogP contribution is -2.33. The van der Waals surface area contributed by atoms with Gasteiger partial charge in [-0.3, -0.25) is 18.9 Å². The third-order valence-corrected chi connectivity index (χ3v) is 6.50. The van der Waals surface area contributed by atoms with E-state index in [0.29, 0.717) is 12.8 Å². The summed E-state index contributed by atoms with van der Waals surface area (Å²) in [5, 5.41) is 18.9. The molecule has 0 spiro atoms. The number of allylic oxidation sites excluding steroid dienone is 1. The highest BCUT2D eigenvalue weighted by Gasteiger charge is 2.33. The van der Waals surface area contributed by atoms with Crippen molar-refractivity contribution in [1.82, 2.24) is 5.32 Å². The van der Waals surface area contributed by atoms with Crippen LogP contribution in [0.25, 0.3) is 0 Å². The number of hydrogen-bond acceptors (Lipinski definition) is 7. The van der Waals surface area contributed by atoms with Crippen LogP contribution in [0.1, 0.15) is 96.8 Å². The number of carbonyl (C=O) groups is 3. The predicted octanol–water partition coefficient (Wildman–Crippen LogP) is 3.39. The molecule has 4 N–H and O–H groups in total. The first-order valence-electron chi connectivity index (χ1n) is 12.5. The molecule has 2 atom stereocenters. The Morgan fingerprint density at radius 3 is 2.29 bits per heavy atom. The molecule has 0 radical (unpaired) electrons. The summed E-state index contributed by atoms with van der Waals surface area (Å²) in [5.74, 6) is -3.14. The second kappa shape index (κ2) is 20.2. The fourth-order valence-corrected chi connectivity index (χ4v) is 3.95. The molecule has 10 nitrogen and oxygen atoms in total. The molecule has 11 heteroatoms. The zero-order valence-electron chi connectivity index (χ0n) is 20.8. The van der Waals surface area contributed by atoms with Crippen LogP contribution in [0.15, 0.2) is 12.2 Å². The number of hydrogen-bond donors (Lipinski definition) is 4. The molecule has 1 amide bonds. The molecular formula is C24H43NO9S. The number of ether oxygens (including phenoxy) is 1. The Morgan fingerprint density at radius 1 is 0.971 bits per heavy atom. The lowest BCUT2D eigenvalue weighted by molar-refractivity contribution is -0.147. The van der Waals surface area contributed by atoms with E-state index in [1.165, 1.54) is 19.3 Å². The zero-order valence-corrected chi connectivity index (χ0v) is 21.6. The summed E-state index contributed by atoms with van der Waals surface area (Å²) < 4.78 is 35.3. The molecule has 0 heterocycles. The van der Waals surface area contributed by atoms with E-state index in [-0.39, 0.29) is 25.2 Å². The molecule has 0 aliphatic rings. The van der Waals surface area contributed by atoms with E-state index in [2.05, 4.69) is 24.4 Å². The number of esters is 1. The van der Waals surface area contributed by atoms with Crippen LogP contribution in [-0.4, -0.2) is 65.5 Å². The number of rotatable bonds is 22. The van der Waals surface area contributed by atoms with E-state index in [4.69, 9.17) is 14.4 Å². The molecule has 0 fully saturated rings. The van der Waals surface area contributed by atoms with Crippen LogP contribution in [0.2, 0.25) is 0 Å². The molecule has 0 aliphatic heterocycles. The minimum Gasteiger partial charge on any atom is -0.480 e. The number of aliphatic hydroxyl groups excluding tert-OH is 1. The Labute approximate surface area is 209 Å². The molecular weight excluding hydrogens is 478 g/mol. The van der Waals surface area contributed by atoms with Gasteiger partial charge in [-0.1, -0.05) is 64.0 Å². The van der Waals surface area contributed by atoms with Gasteiger partial charge in [0.2, 0.25) is 5.91 Å². The van der Waals surface area contributed by atoms with Gasteiger partial charge in [0, 0.05) is 6.42 Å². The largest absolute Gasteiger partial charge is 0.480 e. The highest BCUT2D eigenvalue weighted by molar-refractivity contribution is 7.87. The predicted molar refractivity (Wildman–Crippen MR) is 132 cm³/mol. The van der Waals surface area contributed by atoms with E-state index in [9.17, 15) is 27.9 Å². The van der Waals surface area contributed by atoms with Crippen molar-refractivity contribution in [1.29, 1.82) is 0 Å². The zero-order chi connectivity index (χ0) is 26.5. The van der Waals surface area contributed by atoms with E-state index in [1.807, 2.05) is 0 Å². The maximum absolute atomic E-state index is 11.8. The summed E-state index contributed by atoms with van der Waals surface area (Å²) in [6, 6.07) is 0. The van der Waals surface area contributed by atoms with Crippen molar-refractivity contribution < 1.29 is 42.3 Å². The molecule has 0 aromatic carbocycles. The first-order chi connectivity index (χ1) is 16.6. The maximum Gasteiger partial charge on any atom is 0.325 e. The minimum absolute atomic E-state index is 0.0218. The van der Waals surface area contributed by atoms with E-state index in [1.54, 1.807) is 0 Å². The summed E-state index contributed by atoms with van der Waals surface area (Å²) in [6.07, 6.45) is 15.4. The van der Waals surface area contributed by atoms with Gasteiger partial charge in [0.15, 0.2) is 5.25 Å². The van der Waals surface area contributed by atoms with E-state index >= 15 is 0 Å². The molecule has 0 aromatic rings. The van der Waals surface area contributed by atoms with Crippen molar-refractivity contribution in [2.45, 2.75) is 108 Å². The number of carboxylic acid groups (broad SMARTS) is 1. The smallest absolute Gasteiger partial charge is 0.325 e. The minimum atomic E-state index is -4.92. The van der Waals surface area contributed by atoms with Crippen LogP contribution in [0.4, 0.5) is 0 Å². The lowest BCUT2D eigenvalue weighted by atomic mass is 10.1. The highest BCUT2D eigenvalue weighted by Crippen LogP contribution is 2.11. The Hall–Kier alpha value is -1.98. The maximum atomic E-state index is 11.8. The number of aliphatic carboxylic acids is 1. The average molecular weight is 522 g/mol. The van der Waals surface area contributed by atoms with Crippen LogP contribution < -0.4 is 5.32 Å². The summed E-state index contributed by atoms with van der Waals surface area (Å²) >= 11 is 0. The molecule has 0 aromatic heterocycles. The van der Waals surface area contributed by atoms with Crippen LogP contribution >= 0.6 is 0 Å². The number of nitrogens with one attached hydrogen (secondary N) is 1. The van der Waals surface area contributed by atoms with Gasteiger partial charge in [-0.25, -0.2) is 0 Å². The number of amides is 1. The van der Waals surface area contributed by atoms with Crippen LogP contribution in [0.5, 0.6) is 0 Å². The quantitative estimate of drug-likeness (QED) is 0.0722. The molecule has 0 rings (SSSR count). The summed E-state index contributed by atoms with van der Waals surface area (Å²) in [7, 11) is -4.92. The van der Waals surface area contributed by atoms with Gasteiger partial charge in [0.25, 0.3) is 10.1 Å². The third kappa shape index (κ3) is 20.0. The first kappa shape index (κ1) is 33.0. The Morgan fingerprint density at radius 2 is 1.63 bits per heavy atom. The van der Waals surface area contributed by atoms with Crippen molar-refractivity contribution >= 4 is 28.0 Å². The molecule has 0 aliphatic carbocycles. The molecule has 0 saturated carbocycles. The normalized spacial score (nSPS) is 13.5. The fourth-order valence-electron chi connectivity index (χ4n) is 3.35. The van der Waals surface area contributed by atoms with Gasteiger partial charge in [-0.15, -0.1) is 0 Å². The van der Waals surface area contributed by atoms with Crippen molar-refractivity contribution in [3.8, 4) is 0 Å². The monoisotopic (exact) mass is 521 g/mol. The second-order valence-corrected chi connectivity index (χ2v) is 10.2. The Bertz CT molecular complexity index is 737. The molecule has 2 unspecified atom stereocenters. The average Bonchev–Trinajstić information content (AvgIpc) is 2.78. The fraction of sp³-hybridized carbons (Fsp3) is 0.792. The van der Waals surface area contributed by atoms with Crippen LogP contribution in [0.3, 0.4) is 0 Å². The lowest BCUT2D eigenvalue weighted by Gasteiger charge is -2.10. The molecule has 0 saturated heterocycles. The topological polar surface area (TPSA) is 167 Å². The van der Waals surface area contributed by atoms with Gasteiger partial charge in [-0.2, -0.15) is 8.42 Å². The number of carbonyl (C=O) groups excluding carboxylic acids is 2. The van der Waals surface area contributed by atoms with Crippen LogP contribution in [0, 0.1) is 0 Å². The molecule has 35 heavy (non-hydrogen) atoms.